The Hall–Kier alpha value is -1.87. The number of unbranched alkanes of at least 4 members (excludes halogenated alkanes) is 30. The summed E-state index contributed by atoms with van der Waals surface area (Å²) in [6.45, 7) is 14.4. The van der Waals surface area contributed by atoms with Crippen molar-refractivity contribution in [3.05, 3.63) is 0 Å². The molecule has 0 aromatic heterocycles. The molecule has 0 heterocycles. The molecule has 0 aliphatic heterocycles. The SMILES string of the molecule is CCCCCCCCCCC(CCCCCCCCCC)C(=O)OCCCCOC(=O)N(CCCN(C)C)CCCN(C)CCCCOC(=O)C(CCCCCCCCCC)CCCCCCCCCC. The molecule has 0 spiro atoms. The number of amides is 1. The molecular weight excluding hydrogens is 883 g/mol. The van der Waals surface area contributed by atoms with E-state index in [2.05, 4.69) is 58.6 Å². The van der Waals surface area contributed by atoms with Crippen LogP contribution in [-0.4, -0.2) is 106 Å². The normalized spacial score (nSPS) is 11.7. The predicted molar refractivity (Wildman–Crippen MR) is 304 cm³/mol. The fourth-order valence-corrected chi connectivity index (χ4v) is 9.89. The summed E-state index contributed by atoms with van der Waals surface area (Å²) in [5, 5.41) is 0. The lowest BCUT2D eigenvalue weighted by atomic mass is 9.94. The summed E-state index contributed by atoms with van der Waals surface area (Å²) in [5.74, 6) is 0.0711. The Morgan fingerprint density at radius 1 is 0.310 bits per heavy atom. The van der Waals surface area contributed by atoms with E-state index in [1.807, 2.05) is 4.90 Å². The minimum absolute atomic E-state index is 0.00808. The minimum Gasteiger partial charge on any atom is -0.465 e. The molecule has 0 N–H and O–H groups in total. The summed E-state index contributed by atoms with van der Waals surface area (Å²) >= 11 is 0. The van der Waals surface area contributed by atoms with Gasteiger partial charge in [-0.1, -0.05) is 233 Å². The van der Waals surface area contributed by atoms with Crippen molar-refractivity contribution in [3.8, 4) is 0 Å². The average Bonchev–Trinajstić information content (AvgIpc) is 3.35. The Bertz CT molecular complexity index is 1100. The number of nitrogens with zero attached hydrogens (tertiary/aromatic N) is 3. The van der Waals surface area contributed by atoms with Crippen LogP contribution in [0.25, 0.3) is 0 Å². The highest BCUT2D eigenvalue weighted by Crippen LogP contribution is 2.23. The first-order valence-electron chi connectivity index (χ1n) is 31.3. The number of hydrogen-bond acceptors (Lipinski definition) is 8. The van der Waals surface area contributed by atoms with E-state index in [9.17, 15) is 14.4 Å². The second-order valence-electron chi connectivity index (χ2n) is 22.1. The zero-order chi connectivity index (χ0) is 52.1. The van der Waals surface area contributed by atoms with Gasteiger partial charge in [-0.05, 0) is 105 Å². The summed E-state index contributed by atoms with van der Waals surface area (Å²) in [4.78, 5) is 46.2. The fourth-order valence-electron chi connectivity index (χ4n) is 9.89. The maximum Gasteiger partial charge on any atom is 0.409 e. The summed E-state index contributed by atoms with van der Waals surface area (Å²) in [5.41, 5.74) is 0. The molecule has 0 saturated heterocycles. The summed E-state index contributed by atoms with van der Waals surface area (Å²) < 4.78 is 17.6. The van der Waals surface area contributed by atoms with Crippen molar-refractivity contribution >= 4 is 18.0 Å². The third kappa shape index (κ3) is 47.6. The average molecular weight is 1010 g/mol. The van der Waals surface area contributed by atoms with E-state index in [4.69, 9.17) is 14.2 Å². The van der Waals surface area contributed by atoms with Gasteiger partial charge < -0.3 is 28.9 Å². The van der Waals surface area contributed by atoms with Crippen molar-refractivity contribution in [2.75, 3.05) is 73.7 Å². The topological polar surface area (TPSA) is 88.6 Å². The predicted octanol–water partition coefficient (Wildman–Crippen LogP) is 17.7. The second kappa shape index (κ2) is 54.4. The van der Waals surface area contributed by atoms with Crippen molar-refractivity contribution in [3.63, 3.8) is 0 Å². The molecule has 0 aromatic rings. The van der Waals surface area contributed by atoms with E-state index in [0.29, 0.717) is 45.8 Å². The number of rotatable bonds is 56. The first kappa shape index (κ1) is 69.1. The molecule has 0 aromatic carbocycles. The molecule has 71 heavy (non-hydrogen) atoms. The molecule has 0 aliphatic carbocycles. The lowest BCUT2D eigenvalue weighted by molar-refractivity contribution is -0.150. The molecule has 0 radical (unpaired) electrons. The highest BCUT2D eigenvalue weighted by atomic mass is 16.6. The van der Waals surface area contributed by atoms with E-state index in [1.165, 1.54) is 180 Å². The molecule has 0 aliphatic rings. The maximum absolute atomic E-state index is 13.3. The van der Waals surface area contributed by atoms with E-state index < -0.39 is 0 Å². The summed E-state index contributed by atoms with van der Waals surface area (Å²) in [6, 6.07) is 0. The van der Waals surface area contributed by atoms with E-state index in [-0.39, 0.29) is 29.9 Å². The van der Waals surface area contributed by atoms with Gasteiger partial charge in [0.1, 0.15) is 0 Å². The Balaban J connectivity index is 4.74. The third-order valence-corrected chi connectivity index (χ3v) is 14.7. The third-order valence-electron chi connectivity index (χ3n) is 14.7. The van der Waals surface area contributed by atoms with Crippen LogP contribution in [0.3, 0.4) is 0 Å². The van der Waals surface area contributed by atoms with Gasteiger partial charge in [0.2, 0.25) is 0 Å². The molecule has 9 heteroatoms. The molecule has 0 atom stereocenters. The fraction of sp³-hybridized carbons (Fsp3) is 0.952. The van der Waals surface area contributed by atoms with Crippen molar-refractivity contribution in [1.29, 1.82) is 0 Å². The quantitative estimate of drug-likeness (QED) is 0.0338. The molecule has 0 fully saturated rings. The van der Waals surface area contributed by atoms with Gasteiger partial charge in [0, 0.05) is 13.1 Å². The first-order valence-corrected chi connectivity index (χ1v) is 31.3. The lowest BCUT2D eigenvalue weighted by Crippen LogP contribution is -2.36. The van der Waals surface area contributed by atoms with Gasteiger partial charge in [-0.15, -0.1) is 0 Å². The van der Waals surface area contributed by atoms with Gasteiger partial charge in [-0.25, -0.2) is 4.79 Å². The molecule has 9 nitrogen and oxygen atoms in total. The second-order valence-corrected chi connectivity index (χ2v) is 22.1. The van der Waals surface area contributed by atoms with Crippen LogP contribution in [0.15, 0.2) is 0 Å². The first-order chi connectivity index (χ1) is 34.7. The van der Waals surface area contributed by atoms with Crippen molar-refractivity contribution < 1.29 is 28.6 Å². The van der Waals surface area contributed by atoms with Crippen LogP contribution in [-0.2, 0) is 23.8 Å². The standard InChI is InChI=1S/C62H123N3O6/c1-8-12-16-20-24-28-32-36-46-58(47-37-33-29-25-21-17-13-9-2)60(66)69-55-41-40-51-64(7)52-45-54-65(53-44-50-63(5)6)62(68)71-57-43-42-56-70-61(67)59(48-38-34-30-26-22-18-14-10-3)49-39-35-31-27-23-19-15-11-4/h58-59H,8-57H2,1-7H3. The molecule has 0 bridgehead atoms. The Labute approximate surface area is 442 Å². The number of hydrogen-bond donors (Lipinski definition) is 0. The van der Waals surface area contributed by atoms with Crippen LogP contribution < -0.4 is 0 Å². The van der Waals surface area contributed by atoms with Gasteiger partial charge in [0.05, 0.1) is 31.7 Å². The van der Waals surface area contributed by atoms with Crippen LogP contribution in [0.4, 0.5) is 4.79 Å². The zero-order valence-electron chi connectivity index (χ0n) is 48.8. The highest BCUT2D eigenvalue weighted by Gasteiger charge is 2.21. The highest BCUT2D eigenvalue weighted by molar-refractivity contribution is 5.72. The van der Waals surface area contributed by atoms with Crippen LogP contribution in [0, 0.1) is 11.8 Å². The maximum atomic E-state index is 13.3. The Morgan fingerprint density at radius 3 is 0.930 bits per heavy atom. The van der Waals surface area contributed by atoms with Crippen molar-refractivity contribution in [2.24, 2.45) is 11.8 Å². The summed E-state index contributed by atoms with van der Waals surface area (Å²) in [7, 11) is 6.27. The molecule has 422 valence electrons. The number of esters is 2. The van der Waals surface area contributed by atoms with Crippen LogP contribution in [0.2, 0.25) is 0 Å². The van der Waals surface area contributed by atoms with E-state index in [1.54, 1.807) is 0 Å². The van der Waals surface area contributed by atoms with Crippen LogP contribution in [0.5, 0.6) is 0 Å². The number of carbonyl (C=O) groups is 3. The van der Waals surface area contributed by atoms with Gasteiger partial charge in [0.15, 0.2) is 0 Å². The number of ether oxygens (including phenoxy) is 3. The monoisotopic (exact) mass is 1010 g/mol. The van der Waals surface area contributed by atoms with Gasteiger partial charge >= 0.3 is 18.0 Å². The minimum atomic E-state index is -0.246. The Kier molecular flexibility index (Phi) is 53.0. The molecule has 0 unspecified atom stereocenters. The molecular formula is C62H123N3O6. The molecule has 1 amide bonds. The smallest absolute Gasteiger partial charge is 0.409 e. The number of carbonyl (C=O) groups excluding carboxylic acids is 3. The van der Waals surface area contributed by atoms with E-state index in [0.717, 1.165) is 96.7 Å². The lowest BCUT2D eigenvalue weighted by Gasteiger charge is -2.24. The molecule has 0 saturated carbocycles. The largest absolute Gasteiger partial charge is 0.465 e. The van der Waals surface area contributed by atoms with Crippen molar-refractivity contribution in [1.82, 2.24) is 14.7 Å². The van der Waals surface area contributed by atoms with Crippen molar-refractivity contribution in [2.45, 2.75) is 297 Å². The van der Waals surface area contributed by atoms with Crippen LogP contribution in [0.1, 0.15) is 297 Å². The van der Waals surface area contributed by atoms with Crippen LogP contribution >= 0.6 is 0 Å². The Morgan fingerprint density at radius 2 is 0.592 bits per heavy atom. The van der Waals surface area contributed by atoms with Gasteiger partial charge in [-0.3, -0.25) is 9.59 Å². The zero-order valence-corrected chi connectivity index (χ0v) is 48.8. The molecule has 0 rings (SSSR count). The van der Waals surface area contributed by atoms with Gasteiger partial charge in [0.25, 0.3) is 0 Å². The summed E-state index contributed by atoms with van der Waals surface area (Å²) in [6.07, 6.45) is 49.6. The van der Waals surface area contributed by atoms with Gasteiger partial charge in [-0.2, -0.15) is 0 Å². The van der Waals surface area contributed by atoms with E-state index >= 15 is 0 Å².